The predicted molar refractivity (Wildman–Crippen MR) is 94.5 cm³/mol. The Morgan fingerprint density at radius 2 is 1.81 bits per heavy atom. The van der Waals surface area contributed by atoms with Crippen LogP contribution in [0.4, 0.5) is 24.7 Å². The van der Waals surface area contributed by atoms with Gasteiger partial charge in [-0.25, -0.2) is 18.2 Å². The van der Waals surface area contributed by atoms with Gasteiger partial charge in [-0.15, -0.1) is 0 Å². The smallest absolute Gasteiger partial charge is 0.258 e. The van der Waals surface area contributed by atoms with E-state index in [9.17, 15) is 18.0 Å². The summed E-state index contributed by atoms with van der Waals surface area (Å²) < 4.78 is 41.1. The molecule has 0 unspecified atom stereocenters. The lowest BCUT2D eigenvalue weighted by Gasteiger charge is -2.13. The lowest BCUT2D eigenvalue weighted by Crippen LogP contribution is -2.08. The monoisotopic (exact) mass is 375 g/mol. The minimum Gasteiger partial charge on any atom is -0.336 e. The van der Waals surface area contributed by atoms with E-state index in [1.165, 1.54) is 30.5 Å². The van der Waals surface area contributed by atoms with Gasteiger partial charge in [-0.3, -0.25) is 4.79 Å². The van der Waals surface area contributed by atoms with Crippen LogP contribution in [-0.2, 0) is 0 Å². The highest BCUT2D eigenvalue weighted by Crippen LogP contribution is 2.33. The molecule has 2 N–H and O–H groups in total. The molecule has 0 aliphatic carbocycles. The minimum absolute atomic E-state index is 0.158. The van der Waals surface area contributed by atoms with Crippen LogP contribution in [0.1, 0.15) is 0 Å². The summed E-state index contributed by atoms with van der Waals surface area (Å²) >= 11 is 5.92. The van der Waals surface area contributed by atoms with Gasteiger partial charge >= 0.3 is 0 Å². The minimum atomic E-state index is -0.905. The molecule has 2 heterocycles. The van der Waals surface area contributed by atoms with Crippen LogP contribution in [0.3, 0.4) is 0 Å². The van der Waals surface area contributed by atoms with E-state index < -0.39 is 23.0 Å². The fourth-order valence-electron chi connectivity index (χ4n) is 2.81. The van der Waals surface area contributed by atoms with E-state index in [-0.39, 0.29) is 27.4 Å². The SMILES string of the molecule is O=c1[nH]ccc2nc(Nc3c(F)cc(F)cc3Cl)c3ccc(F)cc3c12. The number of H-pyrrole nitrogens is 1. The summed E-state index contributed by atoms with van der Waals surface area (Å²) in [7, 11) is 0. The number of benzene rings is 2. The van der Waals surface area contributed by atoms with Crippen molar-refractivity contribution in [2.24, 2.45) is 0 Å². The Kier molecular flexibility index (Phi) is 3.81. The van der Waals surface area contributed by atoms with Crippen molar-refractivity contribution < 1.29 is 13.2 Å². The normalized spacial score (nSPS) is 11.2. The van der Waals surface area contributed by atoms with Crippen LogP contribution in [0.5, 0.6) is 0 Å². The second-order valence-corrected chi connectivity index (χ2v) is 5.99. The molecule has 0 saturated carbocycles. The molecule has 0 fully saturated rings. The molecular weight excluding hydrogens is 367 g/mol. The number of aromatic nitrogens is 2. The van der Waals surface area contributed by atoms with Crippen LogP contribution in [0.15, 0.2) is 47.4 Å². The number of fused-ring (bicyclic) bond motifs is 3. The maximum absolute atomic E-state index is 14.1. The Hall–Kier alpha value is -3.06. The highest BCUT2D eigenvalue weighted by Gasteiger charge is 2.16. The molecule has 130 valence electrons. The number of hydrogen-bond donors (Lipinski definition) is 2. The van der Waals surface area contributed by atoms with E-state index in [2.05, 4.69) is 15.3 Å². The van der Waals surface area contributed by atoms with Crippen molar-refractivity contribution in [3.8, 4) is 0 Å². The summed E-state index contributed by atoms with van der Waals surface area (Å²) in [5.74, 6) is -2.10. The van der Waals surface area contributed by atoms with Gasteiger partial charge in [-0.1, -0.05) is 11.6 Å². The summed E-state index contributed by atoms with van der Waals surface area (Å²) in [5.41, 5.74) is -0.313. The molecule has 2 aromatic carbocycles. The van der Waals surface area contributed by atoms with Crippen molar-refractivity contribution in [2.45, 2.75) is 0 Å². The van der Waals surface area contributed by atoms with Gasteiger partial charge in [0.25, 0.3) is 5.56 Å². The average Bonchev–Trinajstić information content (AvgIpc) is 2.57. The molecular formula is C18H9ClF3N3O. The molecule has 0 aliphatic rings. The topological polar surface area (TPSA) is 57.8 Å². The van der Waals surface area contributed by atoms with Gasteiger partial charge in [0, 0.05) is 23.0 Å². The Labute approximate surface area is 149 Å². The van der Waals surface area contributed by atoms with E-state index in [1.807, 2.05) is 0 Å². The molecule has 4 aromatic rings. The van der Waals surface area contributed by atoms with Gasteiger partial charge in [-0.2, -0.15) is 0 Å². The molecule has 0 atom stereocenters. The molecule has 26 heavy (non-hydrogen) atoms. The summed E-state index contributed by atoms with van der Waals surface area (Å²) in [6, 6.07) is 6.99. The molecule has 0 radical (unpaired) electrons. The maximum atomic E-state index is 14.1. The van der Waals surface area contributed by atoms with Gasteiger partial charge in [0.15, 0.2) is 5.82 Å². The lowest BCUT2D eigenvalue weighted by molar-refractivity contribution is 0.586. The zero-order valence-electron chi connectivity index (χ0n) is 12.9. The third-order valence-electron chi connectivity index (χ3n) is 3.93. The average molecular weight is 376 g/mol. The van der Waals surface area contributed by atoms with Crippen LogP contribution in [0.25, 0.3) is 21.7 Å². The van der Waals surface area contributed by atoms with Crippen molar-refractivity contribution in [1.29, 1.82) is 0 Å². The van der Waals surface area contributed by atoms with Crippen molar-refractivity contribution in [3.63, 3.8) is 0 Å². The van der Waals surface area contributed by atoms with E-state index in [4.69, 9.17) is 11.6 Å². The quantitative estimate of drug-likeness (QED) is 0.490. The van der Waals surface area contributed by atoms with Crippen molar-refractivity contribution in [2.75, 3.05) is 5.32 Å². The Bertz CT molecular complexity index is 1220. The molecule has 0 saturated heterocycles. The first kappa shape index (κ1) is 16.4. The molecule has 0 aliphatic heterocycles. The van der Waals surface area contributed by atoms with E-state index in [1.54, 1.807) is 0 Å². The summed E-state index contributed by atoms with van der Waals surface area (Å²) in [5, 5.41) is 3.44. The van der Waals surface area contributed by atoms with Crippen LogP contribution in [0.2, 0.25) is 5.02 Å². The Morgan fingerprint density at radius 1 is 1.00 bits per heavy atom. The summed E-state index contributed by atoms with van der Waals surface area (Å²) in [6.07, 6.45) is 1.40. The number of aromatic amines is 1. The number of anilines is 2. The molecule has 4 rings (SSSR count). The van der Waals surface area contributed by atoms with E-state index in [0.717, 1.165) is 6.07 Å². The zero-order valence-corrected chi connectivity index (χ0v) is 13.7. The first-order valence-electron chi connectivity index (χ1n) is 7.46. The van der Waals surface area contributed by atoms with Crippen molar-refractivity contribution in [1.82, 2.24) is 9.97 Å². The molecule has 0 bridgehead atoms. The second kappa shape index (κ2) is 6.03. The zero-order chi connectivity index (χ0) is 18.4. The van der Waals surface area contributed by atoms with Crippen LogP contribution < -0.4 is 10.9 Å². The highest BCUT2D eigenvalue weighted by atomic mass is 35.5. The fraction of sp³-hybridized carbons (Fsp3) is 0. The Morgan fingerprint density at radius 3 is 2.58 bits per heavy atom. The number of hydrogen-bond acceptors (Lipinski definition) is 3. The van der Waals surface area contributed by atoms with Crippen LogP contribution in [0, 0.1) is 17.5 Å². The van der Waals surface area contributed by atoms with Gasteiger partial charge in [0.05, 0.1) is 21.6 Å². The van der Waals surface area contributed by atoms with Gasteiger partial charge in [0.2, 0.25) is 0 Å². The van der Waals surface area contributed by atoms with Gasteiger partial charge < -0.3 is 10.3 Å². The number of rotatable bonds is 2. The molecule has 8 heteroatoms. The highest BCUT2D eigenvalue weighted by molar-refractivity contribution is 6.33. The molecule has 2 aromatic heterocycles. The maximum Gasteiger partial charge on any atom is 0.258 e. The summed E-state index contributed by atoms with van der Waals surface area (Å²) in [4.78, 5) is 19.0. The number of halogens is 4. The third-order valence-corrected chi connectivity index (χ3v) is 4.23. The standard InChI is InChI=1S/C18H9ClF3N3O/c19-12-6-9(21)7-13(22)16(12)25-17-10-2-1-8(20)5-11(10)15-14(24-17)3-4-23-18(15)26/h1-7H,(H,23,26)(H,24,25). The second-order valence-electron chi connectivity index (χ2n) is 5.59. The van der Waals surface area contributed by atoms with Crippen LogP contribution >= 0.6 is 11.6 Å². The predicted octanol–water partition coefficient (Wildman–Crippen LogP) is 4.89. The molecule has 0 amide bonds. The van der Waals surface area contributed by atoms with Crippen molar-refractivity contribution >= 4 is 44.8 Å². The van der Waals surface area contributed by atoms with Gasteiger partial charge in [0.1, 0.15) is 17.5 Å². The Balaban J connectivity index is 2.03. The lowest BCUT2D eigenvalue weighted by atomic mass is 10.1. The molecule has 0 spiro atoms. The number of nitrogens with one attached hydrogen (secondary N) is 2. The van der Waals surface area contributed by atoms with Gasteiger partial charge in [-0.05, 0) is 30.3 Å². The van der Waals surface area contributed by atoms with Crippen molar-refractivity contribution in [3.05, 3.63) is 75.4 Å². The largest absolute Gasteiger partial charge is 0.336 e. The van der Waals surface area contributed by atoms with E-state index >= 15 is 0 Å². The first-order valence-corrected chi connectivity index (χ1v) is 7.84. The third kappa shape index (κ3) is 2.66. The summed E-state index contributed by atoms with van der Waals surface area (Å²) in [6.45, 7) is 0. The molecule has 4 nitrogen and oxygen atoms in total. The van der Waals surface area contributed by atoms with E-state index in [0.29, 0.717) is 16.8 Å². The number of pyridine rings is 2. The van der Waals surface area contributed by atoms with Crippen LogP contribution in [-0.4, -0.2) is 9.97 Å². The first-order chi connectivity index (χ1) is 12.4. The fourth-order valence-corrected chi connectivity index (χ4v) is 3.05. The number of nitrogens with zero attached hydrogens (tertiary/aromatic N) is 1.